The average Bonchev–Trinajstić information content (AvgIpc) is 3.22. The van der Waals surface area contributed by atoms with Crippen LogP contribution in [-0.4, -0.2) is 189 Å². The van der Waals surface area contributed by atoms with E-state index < -0.39 is 178 Å². The van der Waals surface area contributed by atoms with Crippen molar-refractivity contribution in [2.45, 2.75) is 174 Å². The lowest BCUT2D eigenvalue weighted by atomic mass is 9.95. The number of esters is 10. The van der Waals surface area contributed by atoms with Crippen LogP contribution in [0.25, 0.3) is 0 Å². The Hall–Kier alpha value is -6.07. The van der Waals surface area contributed by atoms with E-state index in [1.807, 2.05) is 0 Å². The van der Waals surface area contributed by atoms with E-state index in [9.17, 15) is 52.7 Å². The number of carboxylic acids is 1. The van der Waals surface area contributed by atoms with Gasteiger partial charge < -0.3 is 80.9 Å². The Morgan fingerprint density at radius 3 is 0.943 bits per heavy atom. The average molecular weight is 1010 g/mol. The Morgan fingerprint density at radius 2 is 0.629 bits per heavy atom. The van der Waals surface area contributed by atoms with Crippen molar-refractivity contribution in [1.82, 2.24) is 0 Å². The molecule has 3 aliphatic heterocycles. The molecule has 0 spiro atoms. The summed E-state index contributed by atoms with van der Waals surface area (Å²) in [5, 5.41) is 9.15. The van der Waals surface area contributed by atoms with Crippen LogP contribution in [0.3, 0.4) is 0 Å². The Balaban J connectivity index is 2.29. The van der Waals surface area contributed by atoms with Crippen LogP contribution in [0.4, 0.5) is 0 Å². The molecule has 0 aliphatic carbocycles. The molecule has 1 N–H and O–H groups in total. The fourth-order valence-electron chi connectivity index (χ4n) is 7.31. The van der Waals surface area contributed by atoms with Gasteiger partial charge in [0.25, 0.3) is 0 Å². The van der Waals surface area contributed by atoms with Gasteiger partial charge in [0.05, 0.1) is 6.61 Å². The Morgan fingerprint density at radius 1 is 0.357 bits per heavy atom. The van der Waals surface area contributed by atoms with E-state index in [0.29, 0.717) is 0 Å². The summed E-state index contributed by atoms with van der Waals surface area (Å²) in [5.41, 5.74) is 0. The molecule has 3 heterocycles. The van der Waals surface area contributed by atoms with Gasteiger partial charge in [0.15, 0.2) is 61.6 Å². The molecule has 394 valence electrons. The maximum Gasteiger partial charge on any atom is 0.303 e. The quantitative estimate of drug-likeness (QED) is 0.0774. The zero-order chi connectivity index (χ0) is 52.6. The molecular formula is C42H58O28. The summed E-state index contributed by atoms with van der Waals surface area (Å²) in [7, 11) is 0. The van der Waals surface area contributed by atoms with Gasteiger partial charge in [-0.3, -0.25) is 52.7 Å². The minimum Gasteiger partial charge on any atom is -0.481 e. The summed E-state index contributed by atoms with van der Waals surface area (Å²) in [6.45, 7) is 7.31. The first kappa shape index (κ1) is 58.2. The molecule has 0 radical (unpaired) electrons. The SMILES string of the molecule is CC(=O)OCC1O[C@@H](O[C@H]2C(COC(C)=O)O[C@@H](O[C@H]3C(COC(C)=O)O[C@@H](OCCCC(=O)O)C(OC(C)=O)[C@H]3OC(C)=O)C(OC(C)=O)[C@H]2OC(C)=O)C(OC(C)=O)[C@@H](OC(C)=O)[C@H]1OC(C)=O. The normalized spacial score (nSPS) is 30.5. The maximum absolute atomic E-state index is 13.0. The van der Waals surface area contributed by atoms with Crippen LogP contribution < -0.4 is 0 Å². The topological polar surface area (TPSA) is 356 Å². The van der Waals surface area contributed by atoms with Crippen LogP contribution in [0.2, 0.25) is 0 Å². The van der Waals surface area contributed by atoms with Crippen molar-refractivity contribution >= 4 is 65.7 Å². The Bertz CT molecular complexity index is 1900. The van der Waals surface area contributed by atoms with Crippen molar-refractivity contribution in [1.29, 1.82) is 0 Å². The number of carbonyl (C=O) groups excluding carboxylic acids is 10. The zero-order valence-corrected chi connectivity index (χ0v) is 39.9. The first-order chi connectivity index (χ1) is 32.8. The van der Waals surface area contributed by atoms with E-state index in [1.165, 1.54) is 0 Å². The van der Waals surface area contributed by atoms with Crippen LogP contribution in [0.5, 0.6) is 0 Å². The van der Waals surface area contributed by atoms with Gasteiger partial charge in [-0.1, -0.05) is 0 Å². The fourth-order valence-corrected chi connectivity index (χ4v) is 7.31. The van der Waals surface area contributed by atoms with E-state index in [1.54, 1.807) is 0 Å². The van der Waals surface area contributed by atoms with E-state index in [-0.39, 0.29) is 19.4 Å². The number of hydrogen-bond donors (Lipinski definition) is 1. The number of carboxylic acid groups (broad SMARTS) is 1. The number of hydrogen-bond acceptors (Lipinski definition) is 27. The largest absolute Gasteiger partial charge is 0.481 e. The first-order valence-electron chi connectivity index (χ1n) is 21.5. The summed E-state index contributed by atoms with van der Waals surface area (Å²) >= 11 is 0. The van der Waals surface area contributed by atoms with Crippen LogP contribution in [0.1, 0.15) is 82.1 Å². The van der Waals surface area contributed by atoms with E-state index in [0.717, 1.165) is 69.2 Å². The van der Waals surface area contributed by atoms with Crippen LogP contribution in [0.15, 0.2) is 0 Å². The third-order valence-corrected chi connectivity index (χ3v) is 9.64. The van der Waals surface area contributed by atoms with E-state index >= 15 is 0 Å². The minimum atomic E-state index is -2.05. The third-order valence-electron chi connectivity index (χ3n) is 9.64. The molecule has 3 saturated heterocycles. The van der Waals surface area contributed by atoms with Gasteiger partial charge in [-0.15, -0.1) is 0 Å². The van der Waals surface area contributed by atoms with Crippen molar-refractivity contribution in [2.75, 3.05) is 26.4 Å². The smallest absolute Gasteiger partial charge is 0.303 e. The molecule has 28 heteroatoms. The van der Waals surface area contributed by atoms with Crippen molar-refractivity contribution in [3.8, 4) is 0 Å². The van der Waals surface area contributed by atoms with Crippen LogP contribution in [0, 0.1) is 0 Å². The van der Waals surface area contributed by atoms with Gasteiger partial charge in [-0.2, -0.15) is 0 Å². The molecule has 28 nitrogen and oxygen atoms in total. The van der Waals surface area contributed by atoms with Crippen molar-refractivity contribution in [2.24, 2.45) is 0 Å². The zero-order valence-electron chi connectivity index (χ0n) is 39.9. The van der Waals surface area contributed by atoms with Crippen molar-refractivity contribution in [3.63, 3.8) is 0 Å². The second kappa shape index (κ2) is 27.4. The highest BCUT2D eigenvalue weighted by Crippen LogP contribution is 2.38. The second-order valence-electron chi connectivity index (χ2n) is 15.6. The van der Waals surface area contributed by atoms with Crippen LogP contribution >= 0.6 is 0 Å². The molecule has 6 unspecified atom stereocenters. The molecule has 0 bridgehead atoms. The molecule has 3 aliphatic rings. The van der Waals surface area contributed by atoms with Gasteiger partial charge >= 0.3 is 65.7 Å². The van der Waals surface area contributed by atoms with Gasteiger partial charge in [0.1, 0.15) is 50.3 Å². The molecular weight excluding hydrogens is 952 g/mol. The van der Waals surface area contributed by atoms with Crippen LogP contribution in [-0.2, 0) is 129 Å². The fraction of sp³-hybridized carbons (Fsp3) is 0.738. The maximum atomic E-state index is 13.0. The van der Waals surface area contributed by atoms with Gasteiger partial charge in [0, 0.05) is 75.7 Å². The molecule has 0 aromatic rings. The lowest BCUT2D eigenvalue weighted by molar-refractivity contribution is -0.380. The number of aliphatic carboxylic acids is 1. The monoisotopic (exact) mass is 1010 g/mol. The highest BCUT2D eigenvalue weighted by Gasteiger charge is 2.60. The first-order valence-corrected chi connectivity index (χ1v) is 21.5. The molecule has 0 aromatic heterocycles. The lowest BCUT2D eigenvalue weighted by Gasteiger charge is -2.50. The molecule has 0 aromatic carbocycles. The Kier molecular flexibility index (Phi) is 22.8. The van der Waals surface area contributed by atoms with Crippen molar-refractivity contribution in [3.05, 3.63) is 0 Å². The molecule has 70 heavy (non-hydrogen) atoms. The summed E-state index contributed by atoms with van der Waals surface area (Å²) in [4.78, 5) is 137. The summed E-state index contributed by atoms with van der Waals surface area (Å²) in [6, 6.07) is 0. The third kappa shape index (κ3) is 18.4. The van der Waals surface area contributed by atoms with Crippen molar-refractivity contribution < 1.29 is 134 Å². The number of rotatable bonds is 22. The molecule has 3 rings (SSSR count). The second-order valence-corrected chi connectivity index (χ2v) is 15.6. The minimum absolute atomic E-state index is 0.0726. The summed E-state index contributed by atoms with van der Waals surface area (Å²) < 4.78 is 91.6. The highest BCUT2D eigenvalue weighted by atomic mass is 16.8. The Labute approximate surface area is 399 Å². The molecule has 0 amide bonds. The standard InChI is InChI=1S/C42H58O28/c1-17(43)56-14-27-31(59-20(4)46)34(60-21(5)47)38(64-25(9)51)41(67-27)70-33-29(16-58-19(3)45)68-42(39(65-26(10)52)36(33)62-23(7)49)69-32-28(15-57-18(2)44)66-40(55-13-11-12-30(53)54)37(63-24(8)50)35(32)61-22(6)48/h27-29,31-42H,11-16H2,1-10H3,(H,53,54)/t27?,28?,29?,31-,32-,33-,34-,35-,36-,37?,38?,39?,40+,41-,42-/m0/s1. The predicted molar refractivity (Wildman–Crippen MR) is 217 cm³/mol. The number of ether oxygens (including phenoxy) is 16. The molecule has 15 atom stereocenters. The number of carbonyl (C=O) groups is 11. The predicted octanol–water partition coefficient (Wildman–Crippen LogP) is -0.976. The molecule has 0 saturated carbocycles. The molecule has 3 fully saturated rings. The van der Waals surface area contributed by atoms with E-state index in [4.69, 9.17) is 80.9 Å². The van der Waals surface area contributed by atoms with E-state index in [2.05, 4.69) is 0 Å². The summed E-state index contributed by atoms with van der Waals surface area (Å²) in [6.07, 6.45) is -27.4. The highest BCUT2D eigenvalue weighted by molar-refractivity contribution is 5.70. The van der Waals surface area contributed by atoms with Gasteiger partial charge in [-0.25, -0.2) is 0 Å². The lowest BCUT2D eigenvalue weighted by Crippen LogP contribution is -2.69. The van der Waals surface area contributed by atoms with Gasteiger partial charge in [-0.05, 0) is 6.42 Å². The van der Waals surface area contributed by atoms with Gasteiger partial charge in [0.2, 0.25) is 0 Å². The summed E-state index contributed by atoms with van der Waals surface area (Å²) in [5.74, 6) is -10.9.